The minimum Gasteiger partial charge on any atom is -0.494 e. The molecule has 2 amide bonds. The van der Waals surface area contributed by atoms with E-state index < -0.39 is 11.8 Å². The number of ether oxygens (including phenoxy) is 1. The molecule has 0 fully saturated rings. The number of hydrogen-bond acceptors (Lipinski definition) is 4. The SMILES string of the molecule is CCOc1ccc(NC(=O)CC(=O)NN=Cc2ccc(C(C)(C)C)cc2)cc1. The maximum absolute atomic E-state index is 11.9. The van der Waals surface area contributed by atoms with Crippen LogP contribution in [0.15, 0.2) is 53.6 Å². The van der Waals surface area contributed by atoms with Crippen LogP contribution in [-0.2, 0) is 15.0 Å². The van der Waals surface area contributed by atoms with Crippen molar-refractivity contribution in [1.82, 2.24) is 5.43 Å². The standard InChI is InChI=1S/C22H27N3O3/c1-5-28-19-12-10-18(11-13-19)24-20(26)14-21(27)25-23-15-16-6-8-17(9-7-16)22(2,3)4/h6-13,15H,5,14H2,1-4H3,(H,24,26)(H,25,27). The summed E-state index contributed by atoms with van der Waals surface area (Å²) in [5, 5.41) is 6.57. The Bertz CT molecular complexity index is 820. The van der Waals surface area contributed by atoms with Gasteiger partial charge in [0.15, 0.2) is 0 Å². The second-order valence-electron chi connectivity index (χ2n) is 7.35. The smallest absolute Gasteiger partial charge is 0.249 e. The zero-order chi connectivity index (χ0) is 20.6. The average molecular weight is 381 g/mol. The Morgan fingerprint density at radius 2 is 1.64 bits per heavy atom. The van der Waals surface area contributed by atoms with E-state index in [9.17, 15) is 9.59 Å². The summed E-state index contributed by atoms with van der Waals surface area (Å²) in [6, 6.07) is 14.9. The van der Waals surface area contributed by atoms with Crippen LogP contribution in [0.2, 0.25) is 0 Å². The molecule has 148 valence electrons. The van der Waals surface area contributed by atoms with Gasteiger partial charge < -0.3 is 10.1 Å². The molecule has 0 radical (unpaired) electrons. The summed E-state index contributed by atoms with van der Waals surface area (Å²) in [5.74, 6) is -0.166. The van der Waals surface area contributed by atoms with Crippen molar-refractivity contribution in [2.24, 2.45) is 5.10 Å². The van der Waals surface area contributed by atoms with Gasteiger partial charge in [-0.3, -0.25) is 9.59 Å². The van der Waals surface area contributed by atoms with Crippen molar-refractivity contribution in [1.29, 1.82) is 0 Å². The van der Waals surface area contributed by atoms with Crippen LogP contribution < -0.4 is 15.5 Å². The van der Waals surface area contributed by atoms with Crippen molar-refractivity contribution in [3.63, 3.8) is 0 Å². The van der Waals surface area contributed by atoms with Crippen molar-refractivity contribution in [3.05, 3.63) is 59.7 Å². The van der Waals surface area contributed by atoms with E-state index in [1.54, 1.807) is 30.5 Å². The number of hydrazone groups is 1. The number of amides is 2. The van der Waals surface area contributed by atoms with E-state index in [1.807, 2.05) is 31.2 Å². The molecule has 0 atom stereocenters. The van der Waals surface area contributed by atoms with E-state index in [0.717, 1.165) is 11.3 Å². The fourth-order valence-corrected chi connectivity index (χ4v) is 2.44. The number of carbonyl (C=O) groups is 2. The molecule has 0 aliphatic heterocycles. The number of hydrogen-bond donors (Lipinski definition) is 2. The second kappa shape index (κ2) is 9.69. The van der Waals surface area contributed by atoms with E-state index in [1.165, 1.54) is 5.56 Å². The maximum Gasteiger partial charge on any atom is 0.249 e. The predicted molar refractivity (Wildman–Crippen MR) is 112 cm³/mol. The van der Waals surface area contributed by atoms with Gasteiger partial charge in [0.25, 0.3) is 0 Å². The molecule has 0 bridgehead atoms. The van der Waals surface area contributed by atoms with Crippen molar-refractivity contribution in [2.75, 3.05) is 11.9 Å². The normalized spacial score (nSPS) is 11.3. The Balaban J connectivity index is 1.79. The minimum absolute atomic E-state index is 0.0839. The van der Waals surface area contributed by atoms with Crippen LogP contribution in [-0.4, -0.2) is 24.6 Å². The van der Waals surface area contributed by atoms with Gasteiger partial charge in [-0.1, -0.05) is 45.0 Å². The van der Waals surface area contributed by atoms with Gasteiger partial charge >= 0.3 is 0 Å². The van der Waals surface area contributed by atoms with Gasteiger partial charge in [-0.15, -0.1) is 0 Å². The third-order valence-corrected chi connectivity index (χ3v) is 3.95. The highest BCUT2D eigenvalue weighted by molar-refractivity contribution is 6.03. The zero-order valence-electron chi connectivity index (χ0n) is 16.8. The van der Waals surface area contributed by atoms with Gasteiger partial charge in [0.2, 0.25) is 11.8 Å². The molecular weight excluding hydrogens is 354 g/mol. The van der Waals surface area contributed by atoms with Gasteiger partial charge in [-0.05, 0) is 47.7 Å². The Kier molecular flexibility index (Phi) is 7.32. The van der Waals surface area contributed by atoms with Crippen LogP contribution in [0, 0.1) is 0 Å². The van der Waals surface area contributed by atoms with E-state index in [0.29, 0.717) is 12.3 Å². The fourth-order valence-electron chi connectivity index (χ4n) is 2.44. The van der Waals surface area contributed by atoms with E-state index in [4.69, 9.17) is 4.74 Å². The van der Waals surface area contributed by atoms with Gasteiger partial charge in [-0.25, -0.2) is 5.43 Å². The van der Waals surface area contributed by atoms with Crippen molar-refractivity contribution in [3.8, 4) is 5.75 Å². The lowest BCUT2D eigenvalue weighted by molar-refractivity contribution is -0.126. The quantitative estimate of drug-likeness (QED) is 0.434. The maximum atomic E-state index is 11.9. The summed E-state index contributed by atoms with van der Waals surface area (Å²) in [4.78, 5) is 23.8. The molecule has 0 aromatic heterocycles. The van der Waals surface area contributed by atoms with Crippen LogP contribution in [0.3, 0.4) is 0 Å². The Hall–Kier alpha value is -3.15. The van der Waals surface area contributed by atoms with Gasteiger partial charge in [0.05, 0.1) is 12.8 Å². The number of nitrogens with zero attached hydrogens (tertiary/aromatic N) is 1. The number of rotatable bonds is 7. The van der Waals surface area contributed by atoms with E-state index in [2.05, 4.69) is 36.6 Å². The molecule has 0 aliphatic rings. The lowest BCUT2D eigenvalue weighted by atomic mass is 9.87. The molecule has 28 heavy (non-hydrogen) atoms. The molecule has 2 rings (SSSR count). The predicted octanol–water partition coefficient (Wildman–Crippen LogP) is 3.86. The van der Waals surface area contributed by atoms with Crippen LogP contribution in [0.4, 0.5) is 5.69 Å². The van der Waals surface area contributed by atoms with Crippen LogP contribution in [0.5, 0.6) is 5.75 Å². The summed E-state index contributed by atoms with van der Waals surface area (Å²) < 4.78 is 5.34. The number of carbonyl (C=O) groups excluding carboxylic acids is 2. The second-order valence-corrected chi connectivity index (χ2v) is 7.35. The third-order valence-electron chi connectivity index (χ3n) is 3.95. The van der Waals surface area contributed by atoms with Crippen molar-refractivity contribution >= 4 is 23.7 Å². The fraction of sp³-hybridized carbons (Fsp3) is 0.318. The first kappa shape index (κ1) is 21.2. The zero-order valence-corrected chi connectivity index (χ0v) is 16.8. The van der Waals surface area contributed by atoms with E-state index >= 15 is 0 Å². The first-order chi connectivity index (χ1) is 13.3. The Morgan fingerprint density at radius 3 is 2.21 bits per heavy atom. The van der Waals surface area contributed by atoms with Crippen LogP contribution in [0.1, 0.15) is 45.2 Å². The summed E-state index contributed by atoms with van der Waals surface area (Å²) >= 11 is 0. The Morgan fingerprint density at radius 1 is 1.00 bits per heavy atom. The molecule has 0 aliphatic carbocycles. The van der Waals surface area contributed by atoms with Gasteiger partial charge in [0.1, 0.15) is 12.2 Å². The molecule has 0 unspecified atom stereocenters. The number of anilines is 1. The molecule has 2 aromatic rings. The Labute approximate surface area is 166 Å². The summed E-state index contributed by atoms with van der Waals surface area (Å²) in [6.45, 7) is 8.92. The van der Waals surface area contributed by atoms with E-state index in [-0.39, 0.29) is 11.8 Å². The first-order valence-electron chi connectivity index (χ1n) is 9.23. The molecule has 2 aromatic carbocycles. The highest BCUT2D eigenvalue weighted by Gasteiger charge is 2.12. The lowest BCUT2D eigenvalue weighted by Crippen LogP contribution is -2.24. The molecule has 6 heteroatoms. The third kappa shape index (κ3) is 6.87. The van der Waals surface area contributed by atoms with Crippen LogP contribution in [0.25, 0.3) is 0 Å². The monoisotopic (exact) mass is 381 g/mol. The number of nitrogens with one attached hydrogen (secondary N) is 2. The van der Waals surface area contributed by atoms with Crippen molar-refractivity contribution < 1.29 is 14.3 Å². The van der Waals surface area contributed by atoms with Crippen LogP contribution >= 0.6 is 0 Å². The van der Waals surface area contributed by atoms with Gasteiger partial charge in [0, 0.05) is 5.69 Å². The molecule has 6 nitrogen and oxygen atoms in total. The minimum atomic E-state index is -0.481. The average Bonchev–Trinajstić information content (AvgIpc) is 2.63. The first-order valence-corrected chi connectivity index (χ1v) is 9.23. The highest BCUT2D eigenvalue weighted by Crippen LogP contribution is 2.21. The van der Waals surface area contributed by atoms with Gasteiger partial charge in [-0.2, -0.15) is 5.10 Å². The number of benzene rings is 2. The molecule has 0 heterocycles. The molecule has 2 N–H and O–H groups in total. The highest BCUT2D eigenvalue weighted by atomic mass is 16.5. The topological polar surface area (TPSA) is 79.8 Å². The molecule has 0 spiro atoms. The lowest BCUT2D eigenvalue weighted by Gasteiger charge is -2.18. The molecular formula is C22H27N3O3. The largest absolute Gasteiger partial charge is 0.494 e. The summed E-state index contributed by atoms with van der Waals surface area (Å²) in [6.07, 6.45) is 1.24. The molecule has 0 saturated heterocycles. The van der Waals surface area contributed by atoms with Crippen molar-refractivity contribution in [2.45, 2.75) is 39.5 Å². The summed E-state index contributed by atoms with van der Waals surface area (Å²) in [5.41, 5.74) is 5.14. The summed E-state index contributed by atoms with van der Waals surface area (Å²) in [7, 11) is 0. The molecule has 0 saturated carbocycles.